The second-order valence-electron chi connectivity index (χ2n) is 4.38. The first kappa shape index (κ1) is 12.0. The Labute approximate surface area is 102 Å². The molecule has 1 aliphatic rings. The highest BCUT2D eigenvalue weighted by molar-refractivity contribution is 7.09. The highest BCUT2D eigenvalue weighted by atomic mass is 32.1. The third-order valence-electron chi connectivity index (χ3n) is 3.16. The quantitative estimate of drug-likeness (QED) is 0.853. The normalized spacial score (nSPS) is 18.1. The minimum Gasteiger partial charge on any atom is -0.317 e. The fourth-order valence-corrected chi connectivity index (χ4v) is 3.00. The second kappa shape index (κ2) is 6.33. The zero-order valence-corrected chi connectivity index (χ0v) is 10.8. The fraction of sp³-hybridized carbons (Fsp3) is 0.750. The van der Waals surface area contributed by atoms with Crippen molar-refractivity contribution in [3.8, 4) is 0 Å². The molecule has 0 spiro atoms. The zero-order chi connectivity index (χ0) is 11.2. The predicted molar refractivity (Wildman–Crippen MR) is 68.7 cm³/mol. The molecule has 1 aliphatic heterocycles. The van der Waals surface area contributed by atoms with Crippen molar-refractivity contribution >= 4 is 11.3 Å². The summed E-state index contributed by atoms with van der Waals surface area (Å²) < 4.78 is 0. The Hall–Kier alpha value is -0.450. The fourth-order valence-electron chi connectivity index (χ4n) is 2.35. The standard InChI is InChI=1S/C12H21N3S/c1-2-8-15(10-12-14-7-9-16-12)11-3-5-13-6-4-11/h7,9,11,13H,2-6,8,10H2,1H3. The Morgan fingerprint density at radius 1 is 1.50 bits per heavy atom. The average Bonchev–Trinajstić information content (AvgIpc) is 2.83. The molecular weight excluding hydrogens is 218 g/mol. The van der Waals surface area contributed by atoms with Gasteiger partial charge in [0.25, 0.3) is 0 Å². The molecule has 2 rings (SSSR count). The lowest BCUT2D eigenvalue weighted by atomic mass is 10.0. The molecule has 4 heteroatoms. The lowest BCUT2D eigenvalue weighted by Gasteiger charge is -2.33. The minimum absolute atomic E-state index is 0.755. The second-order valence-corrected chi connectivity index (χ2v) is 5.36. The Bertz CT molecular complexity index is 280. The summed E-state index contributed by atoms with van der Waals surface area (Å²) in [5, 5.41) is 6.76. The van der Waals surface area contributed by atoms with Crippen LogP contribution in [0.1, 0.15) is 31.2 Å². The molecule has 1 fully saturated rings. The van der Waals surface area contributed by atoms with Crippen LogP contribution in [0.15, 0.2) is 11.6 Å². The number of hydrogen-bond donors (Lipinski definition) is 1. The van der Waals surface area contributed by atoms with Gasteiger partial charge in [-0.05, 0) is 38.9 Å². The van der Waals surface area contributed by atoms with Gasteiger partial charge in [0.15, 0.2) is 0 Å². The third kappa shape index (κ3) is 3.27. The predicted octanol–water partition coefficient (Wildman–Crippen LogP) is 2.11. The van der Waals surface area contributed by atoms with Crippen LogP contribution in [-0.4, -0.2) is 35.6 Å². The van der Waals surface area contributed by atoms with Crippen LogP contribution in [0.2, 0.25) is 0 Å². The van der Waals surface area contributed by atoms with Crippen LogP contribution in [0.3, 0.4) is 0 Å². The molecule has 3 nitrogen and oxygen atoms in total. The Balaban J connectivity index is 1.92. The summed E-state index contributed by atoms with van der Waals surface area (Å²) in [7, 11) is 0. The molecule has 0 aromatic carbocycles. The summed E-state index contributed by atoms with van der Waals surface area (Å²) in [6.45, 7) is 6.84. The smallest absolute Gasteiger partial charge is 0.107 e. The van der Waals surface area contributed by atoms with E-state index in [1.165, 1.54) is 43.9 Å². The van der Waals surface area contributed by atoms with E-state index in [2.05, 4.69) is 27.5 Å². The molecule has 1 saturated heterocycles. The van der Waals surface area contributed by atoms with Crippen molar-refractivity contribution in [2.45, 2.75) is 38.8 Å². The van der Waals surface area contributed by atoms with Crippen molar-refractivity contribution in [2.24, 2.45) is 0 Å². The number of rotatable bonds is 5. The third-order valence-corrected chi connectivity index (χ3v) is 3.92. The van der Waals surface area contributed by atoms with E-state index in [0.717, 1.165) is 12.6 Å². The lowest BCUT2D eigenvalue weighted by Crippen LogP contribution is -2.43. The van der Waals surface area contributed by atoms with Crippen LogP contribution in [0.25, 0.3) is 0 Å². The lowest BCUT2D eigenvalue weighted by molar-refractivity contribution is 0.154. The number of aromatic nitrogens is 1. The van der Waals surface area contributed by atoms with Gasteiger partial charge in [0.05, 0.1) is 6.54 Å². The number of nitrogens with one attached hydrogen (secondary N) is 1. The van der Waals surface area contributed by atoms with E-state index in [1.807, 2.05) is 6.20 Å². The van der Waals surface area contributed by atoms with Gasteiger partial charge in [0.2, 0.25) is 0 Å². The molecule has 0 bridgehead atoms. The molecule has 0 saturated carbocycles. The van der Waals surface area contributed by atoms with Crippen LogP contribution >= 0.6 is 11.3 Å². The largest absolute Gasteiger partial charge is 0.317 e. The first-order valence-corrected chi connectivity index (χ1v) is 7.11. The van der Waals surface area contributed by atoms with Crippen LogP contribution < -0.4 is 5.32 Å². The maximum Gasteiger partial charge on any atom is 0.107 e. The van der Waals surface area contributed by atoms with E-state index in [9.17, 15) is 0 Å². The molecule has 1 aromatic heterocycles. The van der Waals surface area contributed by atoms with E-state index in [4.69, 9.17) is 0 Å². The van der Waals surface area contributed by atoms with Crippen molar-refractivity contribution in [3.05, 3.63) is 16.6 Å². The van der Waals surface area contributed by atoms with Crippen LogP contribution in [0, 0.1) is 0 Å². The summed E-state index contributed by atoms with van der Waals surface area (Å²) in [4.78, 5) is 7.01. The summed E-state index contributed by atoms with van der Waals surface area (Å²) in [6.07, 6.45) is 5.71. The number of thiazole rings is 1. The Kier molecular flexibility index (Phi) is 4.75. The van der Waals surface area contributed by atoms with E-state index in [0.29, 0.717) is 0 Å². The van der Waals surface area contributed by atoms with Gasteiger partial charge in [-0.1, -0.05) is 6.92 Å². The topological polar surface area (TPSA) is 28.2 Å². The summed E-state index contributed by atoms with van der Waals surface area (Å²) in [5.74, 6) is 0. The zero-order valence-electron chi connectivity index (χ0n) is 9.98. The number of hydrogen-bond acceptors (Lipinski definition) is 4. The van der Waals surface area contributed by atoms with Gasteiger partial charge in [-0.2, -0.15) is 0 Å². The molecule has 0 atom stereocenters. The minimum atomic E-state index is 0.755. The van der Waals surface area contributed by atoms with Crippen LogP contribution in [-0.2, 0) is 6.54 Å². The van der Waals surface area contributed by atoms with Crippen molar-refractivity contribution in [2.75, 3.05) is 19.6 Å². The summed E-state index contributed by atoms with van der Waals surface area (Å²) in [5.41, 5.74) is 0. The molecule has 2 heterocycles. The van der Waals surface area contributed by atoms with Crippen molar-refractivity contribution in [1.29, 1.82) is 0 Å². The van der Waals surface area contributed by atoms with Gasteiger partial charge in [-0.25, -0.2) is 4.98 Å². The van der Waals surface area contributed by atoms with E-state index >= 15 is 0 Å². The number of nitrogens with zero attached hydrogens (tertiary/aromatic N) is 2. The highest BCUT2D eigenvalue weighted by Gasteiger charge is 2.20. The van der Waals surface area contributed by atoms with Crippen molar-refractivity contribution < 1.29 is 0 Å². The van der Waals surface area contributed by atoms with Crippen molar-refractivity contribution in [3.63, 3.8) is 0 Å². The summed E-state index contributed by atoms with van der Waals surface area (Å²) in [6, 6.07) is 0.755. The van der Waals surface area contributed by atoms with Crippen molar-refractivity contribution in [1.82, 2.24) is 15.2 Å². The van der Waals surface area contributed by atoms with E-state index in [-0.39, 0.29) is 0 Å². The Morgan fingerprint density at radius 2 is 2.31 bits per heavy atom. The van der Waals surface area contributed by atoms with Gasteiger partial charge >= 0.3 is 0 Å². The maximum atomic E-state index is 4.39. The van der Waals surface area contributed by atoms with Gasteiger partial charge < -0.3 is 5.32 Å². The number of piperidine rings is 1. The Morgan fingerprint density at radius 3 is 2.94 bits per heavy atom. The molecule has 0 unspecified atom stereocenters. The van der Waals surface area contributed by atoms with Gasteiger partial charge in [0.1, 0.15) is 5.01 Å². The molecular formula is C12H21N3S. The SMILES string of the molecule is CCCN(Cc1nccs1)C1CCNCC1. The van der Waals surface area contributed by atoms with Gasteiger partial charge in [-0.15, -0.1) is 11.3 Å². The molecule has 90 valence electrons. The first-order valence-electron chi connectivity index (χ1n) is 6.23. The van der Waals surface area contributed by atoms with Gasteiger partial charge in [-0.3, -0.25) is 4.90 Å². The molecule has 0 aliphatic carbocycles. The van der Waals surface area contributed by atoms with E-state index < -0.39 is 0 Å². The first-order chi connectivity index (χ1) is 7.90. The van der Waals surface area contributed by atoms with Gasteiger partial charge in [0, 0.05) is 17.6 Å². The highest BCUT2D eigenvalue weighted by Crippen LogP contribution is 2.17. The molecule has 0 radical (unpaired) electrons. The van der Waals surface area contributed by atoms with Crippen LogP contribution in [0.4, 0.5) is 0 Å². The molecule has 1 N–H and O–H groups in total. The molecule has 0 amide bonds. The monoisotopic (exact) mass is 239 g/mol. The maximum absolute atomic E-state index is 4.39. The average molecular weight is 239 g/mol. The van der Waals surface area contributed by atoms with E-state index in [1.54, 1.807) is 11.3 Å². The molecule has 1 aromatic rings. The van der Waals surface area contributed by atoms with Crippen LogP contribution in [0.5, 0.6) is 0 Å². The molecule has 16 heavy (non-hydrogen) atoms. The summed E-state index contributed by atoms with van der Waals surface area (Å²) >= 11 is 1.77.